The zero-order chi connectivity index (χ0) is 13.0. The minimum Gasteiger partial charge on any atom is -0.454 e. The molecule has 1 heterocycles. The topological polar surface area (TPSA) is 64.6 Å². The van der Waals surface area contributed by atoms with Gasteiger partial charge in [0.25, 0.3) is 0 Å². The van der Waals surface area contributed by atoms with Gasteiger partial charge in [-0.25, -0.2) is 0 Å². The van der Waals surface area contributed by atoms with Crippen LogP contribution in [0.2, 0.25) is 0 Å². The molecule has 5 nitrogen and oxygen atoms in total. The minimum atomic E-state index is -0.0477. The molecule has 5 heteroatoms. The van der Waals surface area contributed by atoms with E-state index in [2.05, 4.69) is 5.32 Å². The standard InChI is InChI=1S/C13H15NO4/c1-14-13(16)4-2-3-10(15)9-5-6-11-12(7-9)18-8-17-11/h5-7H,2-4,8H2,1H3,(H,14,16). The molecular weight excluding hydrogens is 234 g/mol. The zero-order valence-electron chi connectivity index (χ0n) is 10.2. The van der Waals surface area contributed by atoms with E-state index in [1.54, 1.807) is 25.2 Å². The highest BCUT2D eigenvalue weighted by atomic mass is 16.7. The van der Waals surface area contributed by atoms with Gasteiger partial charge < -0.3 is 14.8 Å². The lowest BCUT2D eigenvalue weighted by molar-refractivity contribution is -0.120. The number of benzene rings is 1. The van der Waals surface area contributed by atoms with Crippen LogP contribution in [-0.2, 0) is 4.79 Å². The normalized spacial score (nSPS) is 12.3. The van der Waals surface area contributed by atoms with E-state index >= 15 is 0 Å². The highest BCUT2D eigenvalue weighted by molar-refractivity contribution is 5.96. The average molecular weight is 249 g/mol. The summed E-state index contributed by atoms with van der Waals surface area (Å²) in [6, 6.07) is 5.13. The van der Waals surface area contributed by atoms with Crippen molar-refractivity contribution in [2.45, 2.75) is 19.3 Å². The maximum absolute atomic E-state index is 11.9. The Morgan fingerprint density at radius 2 is 2.00 bits per heavy atom. The number of fused-ring (bicyclic) bond motifs is 1. The van der Waals surface area contributed by atoms with Crippen LogP contribution in [-0.4, -0.2) is 25.5 Å². The number of rotatable bonds is 5. The van der Waals surface area contributed by atoms with E-state index in [-0.39, 0.29) is 18.5 Å². The van der Waals surface area contributed by atoms with Gasteiger partial charge in [0, 0.05) is 25.5 Å². The van der Waals surface area contributed by atoms with E-state index in [9.17, 15) is 9.59 Å². The summed E-state index contributed by atoms with van der Waals surface area (Å²) in [5.74, 6) is 1.23. The first kappa shape index (κ1) is 12.4. The fourth-order valence-corrected chi connectivity index (χ4v) is 1.75. The Balaban J connectivity index is 1.91. The highest BCUT2D eigenvalue weighted by Gasteiger charge is 2.16. The summed E-state index contributed by atoms with van der Waals surface area (Å²) < 4.78 is 10.4. The van der Waals surface area contributed by atoms with E-state index in [1.807, 2.05) is 0 Å². The summed E-state index contributed by atoms with van der Waals surface area (Å²) in [5, 5.41) is 2.53. The van der Waals surface area contributed by atoms with E-state index in [4.69, 9.17) is 9.47 Å². The van der Waals surface area contributed by atoms with Crippen LogP contribution in [0.4, 0.5) is 0 Å². The fourth-order valence-electron chi connectivity index (χ4n) is 1.75. The molecule has 0 bridgehead atoms. The molecule has 1 aromatic rings. The Hall–Kier alpha value is -2.04. The molecule has 1 aliphatic heterocycles. The summed E-state index contributed by atoms with van der Waals surface area (Å²) in [7, 11) is 1.59. The Morgan fingerprint density at radius 3 is 2.78 bits per heavy atom. The lowest BCUT2D eigenvalue weighted by atomic mass is 10.0. The van der Waals surface area contributed by atoms with Crippen molar-refractivity contribution < 1.29 is 19.1 Å². The largest absolute Gasteiger partial charge is 0.454 e. The second-order valence-corrected chi connectivity index (χ2v) is 4.02. The molecule has 1 aromatic carbocycles. The molecule has 0 aliphatic carbocycles. The number of hydrogen-bond donors (Lipinski definition) is 1. The minimum absolute atomic E-state index is 0.0113. The van der Waals surface area contributed by atoms with Gasteiger partial charge in [-0.2, -0.15) is 0 Å². The van der Waals surface area contributed by atoms with E-state index < -0.39 is 0 Å². The van der Waals surface area contributed by atoms with Gasteiger partial charge >= 0.3 is 0 Å². The van der Waals surface area contributed by atoms with Crippen molar-refractivity contribution >= 4 is 11.7 Å². The smallest absolute Gasteiger partial charge is 0.231 e. The quantitative estimate of drug-likeness (QED) is 0.803. The number of Topliss-reactive ketones (excluding diaryl/α,β-unsaturated/α-hetero) is 1. The van der Waals surface area contributed by atoms with Gasteiger partial charge in [-0.3, -0.25) is 9.59 Å². The van der Waals surface area contributed by atoms with E-state index in [0.717, 1.165) is 0 Å². The van der Waals surface area contributed by atoms with Gasteiger partial charge in [0.05, 0.1) is 0 Å². The van der Waals surface area contributed by atoms with Crippen LogP contribution in [0.3, 0.4) is 0 Å². The Kier molecular flexibility index (Phi) is 3.82. The second-order valence-electron chi connectivity index (χ2n) is 4.02. The molecule has 0 aromatic heterocycles. The summed E-state index contributed by atoms with van der Waals surface area (Å²) >= 11 is 0. The molecule has 0 saturated carbocycles. The maximum atomic E-state index is 11.9. The van der Waals surface area contributed by atoms with Crippen molar-refractivity contribution in [1.82, 2.24) is 5.32 Å². The molecule has 0 saturated heterocycles. The Labute approximate surface area is 105 Å². The van der Waals surface area contributed by atoms with Crippen LogP contribution in [0, 0.1) is 0 Å². The maximum Gasteiger partial charge on any atom is 0.231 e. The number of hydrogen-bond acceptors (Lipinski definition) is 4. The molecule has 0 atom stereocenters. The predicted molar refractivity (Wildman–Crippen MR) is 64.8 cm³/mol. The number of carbonyl (C=O) groups excluding carboxylic acids is 2. The second kappa shape index (κ2) is 5.53. The first-order valence-corrected chi connectivity index (χ1v) is 5.84. The molecule has 18 heavy (non-hydrogen) atoms. The molecule has 0 spiro atoms. The van der Waals surface area contributed by atoms with Crippen molar-refractivity contribution in [2.24, 2.45) is 0 Å². The van der Waals surface area contributed by atoms with E-state index in [1.165, 1.54) is 0 Å². The summed E-state index contributed by atoms with van der Waals surface area (Å²) in [5.41, 5.74) is 0.594. The number of amides is 1. The van der Waals surface area contributed by atoms with Crippen molar-refractivity contribution in [2.75, 3.05) is 13.8 Å². The lowest BCUT2D eigenvalue weighted by Crippen LogP contribution is -2.17. The molecule has 2 rings (SSSR count). The Bertz CT molecular complexity index is 470. The Morgan fingerprint density at radius 1 is 1.22 bits per heavy atom. The van der Waals surface area contributed by atoms with Crippen molar-refractivity contribution in [3.05, 3.63) is 23.8 Å². The van der Waals surface area contributed by atoms with Gasteiger partial charge in [-0.05, 0) is 24.6 Å². The predicted octanol–water partition coefficient (Wildman–Crippen LogP) is 1.51. The molecule has 0 unspecified atom stereocenters. The third-order valence-electron chi connectivity index (χ3n) is 2.78. The highest BCUT2D eigenvalue weighted by Crippen LogP contribution is 2.32. The molecule has 0 radical (unpaired) electrons. The fraction of sp³-hybridized carbons (Fsp3) is 0.385. The van der Waals surface area contributed by atoms with Gasteiger partial charge in [0.2, 0.25) is 12.7 Å². The third kappa shape index (κ3) is 2.80. The number of nitrogens with one attached hydrogen (secondary N) is 1. The molecule has 1 N–H and O–H groups in total. The molecular formula is C13H15NO4. The molecule has 0 fully saturated rings. The molecule has 96 valence electrons. The number of ketones is 1. The van der Waals surface area contributed by atoms with Gasteiger partial charge in [0.15, 0.2) is 17.3 Å². The monoisotopic (exact) mass is 249 g/mol. The first-order chi connectivity index (χ1) is 8.70. The first-order valence-electron chi connectivity index (χ1n) is 5.84. The van der Waals surface area contributed by atoms with Crippen LogP contribution >= 0.6 is 0 Å². The van der Waals surface area contributed by atoms with Crippen LogP contribution in [0.15, 0.2) is 18.2 Å². The van der Waals surface area contributed by atoms with Crippen LogP contribution in [0.1, 0.15) is 29.6 Å². The SMILES string of the molecule is CNC(=O)CCCC(=O)c1ccc2c(c1)OCO2. The summed E-state index contributed by atoms with van der Waals surface area (Å²) in [4.78, 5) is 22.9. The van der Waals surface area contributed by atoms with Crippen LogP contribution < -0.4 is 14.8 Å². The van der Waals surface area contributed by atoms with Gasteiger partial charge in [-0.1, -0.05) is 0 Å². The summed E-state index contributed by atoms with van der Waals surface area (Å²) in [6.07, 6.45) is 1.27. The van der Waals surface area contributed by atoms with Crippen molar-refractivity contribution in [1.29, 1.82) is 0 Å². The van der Waals surface area contributed by atoms with Gasteiger partial charge in [-0.15, -0.1) is 0 Å². The van der Waals surface area contributed by atoms with Crippen LogP contribution in [0.25, 0.3) is 0 Å². The average Bonchev–Trinajstić information content (AvgIpc) is 2.85. The van der Waals surface area contributed by atoms with Crippen molar-refractivity contribution in [3.63, 3.8) is 0 Å². The third-order valence-corrected chi connectivity index (χ3v) is 2.78. The van der Waals surface area contributed by atoms with Crippen LogP contribution in [0.5, 0.6) is 11.5 Å². The number of ether oxygens (including phenoxy) is 2. The number of carbonyl (C=O) groups is 2. The lowest BCUT2D eigenvalue weighted by Gasteiger charge is -2.02. The summed E-state index contributed by atoms with van der Waals surface area (Å²) in [6.45, 7) is 0.198. The van der Waals surface area contributed by atoms with Gasteiger partial charge in [0.1, 0.15) is 0 Å². The zero-order valence-corrected chi connectivity index (χ0v) is 10.2. The van der Waals surface area contributed by atoms with Crippen molar-refractivity contribution in [3.8, 4) is 11.5 Å². The molecule has 1 amide bonds. The molecule has 1 aliphatic rings. The van der Waals surface area contributed by atoms with E-state index in [0.29, 0.717) is 36.3 Å².